The van der Waals surface area contributed by atoms with Crippen LogP contribution in [0.2, 0.25) is 0 Å². The molecule has 0 radical (unpaired) electrons. The second-order valence-electron chi connectivity index (χ2n) is 6.65. The predicted molar refractivity (Wildman–Crippen MR) is 119 cm³/mol. The lowest BCUT2D eigenvalue weighted by molar-refractivity contribution is -0.763. The van der Waals surface area contributed by atoms with Crippen LogP contribution in [0.15, 0.2) is 56.9 Å². The average molecular weight is 488 g/mol. The molecule has 1 aromatic heterocycles. The van der Waals surface area contributed by atoms with E-state index in [1.54, 1.807) is 16.7 Å². The fourth-order valence-corrected chi connectivity index (χ4v) is 4.45. The van der Waals surface area contributed by atoms with Gasteiger partial charge in [0.15, 0.2) is 0 Å². The topological polar surface area (TPSA) is 79.2 Å². The molecule has 1 amide bonds. The van der Waals surface area contributed by atoms with Gasteiger partial charge in [-0.15, -0.1) is 0 Å². The molecule has 1 atom stereocenters. The van der Waals surface area contributed by atoms with Gasteiger partial charge in [0, 0.05) is 16.0 Å². The van der Waals surface area contributed by atoms with Crippen molar-refractivity contribution >= 4 is 39.3 Å². The number of methoxy groups -OCH3 is 1. The molecule has 1 aliphatic rings. The van der Waals surface area contributed by atoms with E-state index in [0.29, 0.717) is 34.3 Å². The summed E-state index contributed by atoms with van der Waals surface area (Å²) in [5.41, 5.74) is 2.25. The van der Waals surface area contributed by atoms with Crippen molar-refractivity contribution in [3.8, 4) is 17.0 Å². The number of hydrogen-bond donors (Lipinski definition) is 1. The van der Waals surface area contributed by atoms with E-state index in [9.17, 15) is 9.59 Å². The second-order valence-corrected chi connectivity index (χ2v) is 8.30. The molecule has 3 aromatic rings. The van der Waals surface area contributed by atoms with E-state index in [-0.39, 0.29) is 11.5 Å². The van der Waals surface area contributed by atoms with Crippen molar-refractivity contribution < 1.29 is 14.2 Å². The number of H-pyrrole nitrogens is 1. The first-order valence-corrected chi connectivity index (χ1v) is 11.4. The Labute approximate surface area is 186 Å². The Morgan fingerprint density at radius 3 is 2.80 bits per heavy atom. The van der Waals surface area contributed by atoms with Crippen LogP contribution in [0, 0.1) is 0 Å². The highest BCUT2D eigenvalue weighted by Crippen LogP contribution is 2.40. The molecule has 30 heavy (non-hydrogen) atoms. The normalized spacial score (nSPS) is 14.8. The number of rotatable bonds is 4. The number of carbonyl (C=O) groups excluding carboxylic acids is 1. The molecule has 0 spiro atoms. The predicted octanol–water partition coefficient (Wildman–Crippen LogP) is 3.52. The number of thioether (sulfide) groups is 1. The third kappa shape index (κ3) is 3.31. The van der Waals surface area contributed by atoms with E-state index in [0.717, 1.165) is 10.0 Å². The Kier molecular flexibility index (Phi) is 5.66. The van der Waals surface area contributed by atoms with Gasteiger partial charge in [0.05, 0.1) is 23.9 Å². The lowest BCUT2D eigenvalue weighted by atomic mass is 10.0. The molecule has 7 nitrogen and oxygen atoms in total. The highest BCUT2D eigenvalue weighted by Gasteiger charge is 2.46. The van der Waals surface area contributed by atoms with E-state index in [1.807, 2.05) is 55.6 Å². The Morgan fingerprint density at radius 1 is 1.33 bits per heavy atom. The first-order chi connectivity index (χ1) is 14.5. The molecule has 0 saturated carbocycles. The summed E-state index contributed by atoms with van der Waals surface area (Å²) in [4.78, 5) is 30.8. The first kappa shape index (κ1) is 20.6. The van der Waals surface area contributed by atoms with E-state index in [1.165, 1.54) is 11.8 Å². The number of halogens is 1. The van der Waals surface area contributed by atoms with E-state index in [4.69, 9.17) is 4.74 Å². The summed E-state index contributed by atoms with van der Waals surface area (Å²) in [6, 6.07) is 13.0. The Hall–Kier alpha value is -2.65. The number of para-hydroxylation sites is 1. The lowest BCUT2D eigenvalue weighted by Gasteiger charge is -2.32. The van der Waals surface area contributed by atoms with Crippen molar-refractivity contribution in [1.82, 2.24) is 10.1 Å². The highest BCUT2D eigenvalue weighted by molar-refractivity contribution is 9.10. The second kappa shape index (κ2) is 8.23. The number of aromatic nitrogens is 3. The molecule has 4 rings (SSSR count). The lowest BCUT2D eigenvalue weighted by Crippen LogP contribution is -2.61. The van der Waals surface area contributed by atoms with Crippen LogP contribution in [0.25, 0.3) is 11.3 Å². The molecule has 1 aliphatic heterocycles. The van der Waals surface area contributed by atoms with Crippen molar-refractivity contribution in [2.75, 3.05) is 18.3 Å². The molecule has 9 heteroatoms. The van der Waals surface area contributed by atoms with Crippen molar-refractivity contribution in [2.45, 2.75) is 24.7 Å². The SMILES string of the molecule is CCC(=O)N1c2ccccc2-c2c(=O)[nH]c(SC)n[n+]2[C@H]1c1cc(OC)ccc1Br. The van der Waals surface area contributed by atoms with Gasteiger partial charge in [-0.3, -0.25) is 14.6 Å². The van der Waals surface area contributed by atoms with Crippen molar-refractivity contribution in [3.05, 3.63) is 62.9 Å². The van der Waals surface area contributed by atoms with E-state index in [2.05, 4.69) is 26.0 Å². The monoisotopic (exact) mass is 487 g/mol. The summed E-state index contributed by atoms with van der Waals surface area (Å²) >= 11 is 4.95. The van der Waals surface area contributed by atoms with Crippen LogP contribution >= 0.6 is 27.7 Å². The summed E-state index contributed by atoms with van der Waals surface area (Å²) in [7, 11) is 1.59. The van der Waals surface area contributed by atoms with Crippen LogP contribution < -0.4 is 19.9 Å². The zero-order valence-electron chi connectivity index (χ0n) is 16.7. The quantitative estimate of drug-likeness (QED) is 0.449. The minimum absolute atomic E-state index is 0.0758. The number of benzene rings is 2. The summed E-state index contributed by atoms with van der Waals surface area (Å²) in [5.74, 6) is 0.570. The molecule has 0 fully saturated rings. The molecule has 154 valence electrons. The number of anilines is 1. The van der Waals surface area contributed by atoms with Gasteiger partial charge in [0.25, 0.3) is 6.17 Å². The summed E-state index contributed by atoms with van der Waals surface area (Å²) < 4.78 is 7.85. The maximum atomic E-state index is 13.2. The van der Waals surface area contributed by atoms with Gasteiger partial charge in [0.1, 0.15) is 5.75 Å². The summed E-state index contributed by atoms with van der Waals surface area (Å²) in [5, 5.41) is 5.15. The molecule has 0 saturated heterocycles. The van der Waals surface area contributed by atoms with Gasteiger partial charge in [-0.05, 0) is 41.3 Å². The van der Waals surface area contributed by atoms with Crippen LogP contribution in [0.3, 0.4) is 0 Å². The van der Waals surface area contributed by atoms with Gasteiger partial charge in [-0.25, -0.2) is 4.90 Å². The molecule has 0 unspecified atom stereocenters. The molecule has 0 aliphatic carbocycles. The number of amides is 1. The summed E-state index contributed by atoms with van der Waals surface area (Å²) in [6.45, 7) is 1.82. The molecule has 1 N–H and O–H groups in total. The smallest absolute Gasteiger partial charge is 0.325 e. The van der Waals surface area contributed by atoms with Gasteiger partial charge in [-0.2, -0.15) is 0 Å². The molecule has 2 aromatic carbocycles. The standard InChI is InChI=1S/C21H19BrN4O3S/c1-4-17(27)25-16-8-6-5-7-13(16)18-19(28)23-21(30-3)24-26(18)20(25)14-11-12(29-2)9-10-15(14)22/h5-11,20H,4H2,1-3H3/p+1/t20-/m0/s1. The minimum atomic E-state index is -0.653. The third-order valence-corrected chi connectivity index (χ3v) is 6.30. The number of fused-ring (bicyclic) bond motifs is 3. The van der Waals surface area contributed by atoms with Crippen molar-refractivity contribution in [3.63, 3.8) is 0 Å². The Bertz CT molecular complexity index is 1200. The van der Waals surface area contributed by atoms with Crippen LogP contribution in [0.1, 0.15) is 25.1 Å². The summed E-state index contributed by atoms with van der Waals surface area (Å²) in [6.07, 6.45) is 1.49. The van der Waals surface area contributed by atoms with Crippen LogP contribution in [-0.4, -0.2) is 29.4 Å². The Morgan fingerprint density at radius 2 is 2.10 bits per heavy atom. The minimum Gasteiger partial charge on any atom is -0.497 e. The van der Waals surface area contributed by atoms with Crippen LogP contribution in [0.4, 0.5) is 5.69 Å². The van der Waals surface area contributed by atoms with Crippen molar-refractivity contribution in [1.29, 1.82) is 0 Å². The molecule has 0 bridgehead atoms. The Balaban J connectivity index is 2.11. The number of hydrogen-bond acceptors (Lipinski definition) is 5. The first-order valence-electron chi connectivity index (χ1n) is 9.35. The van der Waals surface area contributed by atoms with E-state index < -0.39 is 6.17 Å². The molecular weight excluding hydrogens is 468 g/mol. The fraction of sp³-hybridized carbons (Fsp3) is 0.238. The van der Waals surface area contributed by atoms with Crippen molar-refractivity contribution in [2.24, 2.45) is 0 Å². The zero-order chi connectivity index (χ0) is 21.4. The van der Waals surface area contributed by atoms with Gasteiger partial charge in [0.2, 0.25) is 11.1 Å². The van der Waals surface area contributed by atoms with Crippen LogP contribution in [0.5, 0.6) is 5.75 Å². The number of nitrogens with one attached hydrogen (secondary N) is 1. The average Bonchev–Trinajstić information content (AvgIpc) is 2.77. The molecular formula is C21H20BrN4O3S+. The number of carbonyl (C=O) groups is 1. The fourth-order valence-electron chi connectivity index (χ4n) is 3.63. The molecule has 2 heterocycles. The maximum Gasteiger partial charge on any atom is 0.325 e. The van der Waals surface area contributed by atoms with Gasteiger partial charge < -0.3 is 4.74 Å². The van der Waals surface area contributed by atoms with E-state index >= 15 is 0 Å². The number of ether oxygens (including phenoxy) is 1. The van der Waals surface area contributed by atoms with Crippen LogP contribution in [-0.2, 0) is 4.79 Å². The maximum absolute atomic E-state index is 13.2. The highest BCUT2D eigenvalue weighted by atomic mass is 79.9. The number of aromatic amines is 1. The zero-order valence-corrected chi connectivity index (χ0v) is 19.1. The largest absolute Gasteiger partial charge is 0.497 e. The van der Waals surface area contributed by atoms with Gasteiger partial charge in [-0.1, -0.05) is 46.7 Å². The van der Waals surface area contributed by atoms with Gasteiger partial charge >= 0.3 is 11.3 Å². The number of nitrogens with zero attached hydrogens (tertiary/aromatic N) is 3. The third-order valence-electron chi connectivity index (χ3n) is 5.00.